The van der Waals surface area contributed by atoms with Gasteiger partial charge in [-0.3, -0.25) is 4.79 Å². The third kappa shape index (κ3) is 3.41. The molecule has 0 atom stereocenters. The highest BCUT2D eigenvalue weighted by Crippen LogP contribution is 2.19. The molecule has 0 fully saturated rings. The van der Waals surface area contributed by atoms with Gasteiger partial charge in [0.2, 0.25) is 0 Å². The van der Waals surface area contributed by atoms with Crippen LogP contribution in [0.2, 0.25) is 0 Å². The largest absolute Gasteiger partial charge is 0.494 e. The molecule has 2 aromatic rings. The van der Waals surface area contributed by atoms with Crippen molar-refractivity contribution in [3.63, 3.8) is 0 Å². The first-order valence-electron chi connectivity index (χ1n) is 6.89. The molecular formula is C16H20N2O2. The predicted molar refractivity (Wildman–Crippen MR) is 81.3 cm³/mol. The van der Waals surface area contributed by atoms with E-state index in [1.807, 2.05) is 44.3 Å². The number of hydrogen-bond acceptors (Lipinski definition) is 3. The second kappa shape index (κ2) is 6.80. The third-order valence-electron chi connectivity index (χ3n) is 3.08. The van der Waals surface area contributed by atoms with Crippen LogP contribution < -0.4 is 15.6 Å². The lowest BCUT2D eigenvalue weighted by molar-refractivity contribution is 0.337. The van der Waals surface area contributed by atoms with Gasteiger partial charge < -0.3 is 14.6 Å². The molecule has 20 heavy (non-hydrogen) atoms. The van der Waals surface area contributed by atoms with Gasteiger partial charge in [-0.2, -0.15) is 0 Å². The van der Waals surface area contributed by atoms with Gasteiger partial charge in [0.05, 0.1) is 12.3 Å². The third-order valence-corrected chi connectivity index (χ3v) is 3.08. The molecule has 0 saturated heterocycles. The number of nitrogens with one attached hydrogen (secondary N) is 1. The van der Waals surface area contributed by atoms with E-state index in [0.717, 1.165) is 17.0 Å². The van der Waals surface area contributed by atoms with Crippen molar-refractivity contribution in [2.45, 2.75) is 26.9 Å². The topological polar surface area (TPSA) is 43.3 Å². The minimum Gasteiger partial charge on any atom is -0.494 e. The summed E-state index contributed by atoms with van der Waals surface area (Å²) in [4.78, 5) is 11.5. The molecule has 1 N–H and O–H groups in total. The van der Waals surface area contributed by atoms with Gasteiger partial charge in [-0.15, -0.1) is 0 Å². The van der Waals surface area contributed by atoms with Gasteiger partial charge in [0.25, 0.3) is 5.56 Å². The molecule has 0 aliphatic rings. The maximum Gasteiger partial charge on any atom is 0.250 e. The minimum absolute atomic E-state index is 0.0211. The van der Waals surface area contributed by atoms with Gasteiger partial charge in [0, 0.05) is 30.9 Å². The quantitative estimate of drug-likeness (QED) is 0.879. The second-order valence-corrected chi connectivity index (χ2v) is 4.44. The Morgan fingerprint density at radius 1 is 1.15 bits per heavy atom. The second-order valence-electron chi connectivity index (χ2n) is 4.44. The smallest absolute Gasteiger partial charge is 0.250 e. The fourth-order valence-electron chi connectivity index (χ4n) is 2.03. The molecule has 1 heterocycles. The fraction of sp³-hybridized carbons (Fsp3) is 0.312. The van der Waals surface area contributed by atoms with Crippen LogP contribution in [0.1, 0.15) is 19.4 Å². The molecule has 1 aromatic carbocycles. The van der Waals surface area contributed by atoms with Crippen LogP contribution in [0.25, 0.3) is 0 Å². The van der Waals surface area contributed by atoms with Crippen LogP contribution in [-0.2, 0) is 13.1 Å². The molecule has 0 amide bonds. The molecule has 4 heteroatoms. The van der Waals surface area contributed by atoms with Crippen molar-refractivity contribution in [1.29, 1.82) is 0 Å². The zero-order chi connectivity index (χ0) is 14.4. The summed E-state index contributed by atoms with van der Waals surface area (Å²) in [6.07, 6.45) is 1.84. The molecule has 0 aliphatic heterocycles. The maximum atomic E-state index is 11.5. The number of rotatable bonds is 6. The lowest BCUT2D eigenvalue weighted by atomic mass is 10.2. The Kier molecular flexibility index (Phi) is 4.82. The summed E-state index contributed by atoms with van der Waals surface area (Å²) in [5, 5.41) is 3.32. The zero-order valence-electron chi connectivity index (χ0n) is 11.9. The molecule has 4 nitrogen and oxygen atoms in total. The van der Waals surface area contributed by atoms with Crippen molar-refractivity contribution < 1.29 is 4.74 Å². The summed E-state index contributed by atoms with van der Waals surface area (Å²) in [6.45, 7) is 5.91. The number of hydrogen-bond donors (Lipinski definition) is 1. The number of ether oxygens (including phenoxy) is 1. The summed E-state index contributed by atoms with van der Waals surface area (Å²) in [5.41, 5.74) is 2.05. The number of para-hydroxylation sites is 1. The number of benzene rings is 1. The fourth-order valence-corrected chi connectivity index (χ4v) is 2.03. The Hall–Kier alpha value is -2.23. The van der Waals surface area contributed by atoms with Gasteiger partial charge in [-0.1, -0.05) is 18.2 Å². The molecule has 0 aliphatic carbocycles. The number of nitrogens with zero attached hydrogens (tertiary/aromatic N) is 1. The van der Waals surface area contributed by atoms with E-state index in [4.69, 9.17) is 4.74 Å². The lowest BCUT2D eigenvalue weighted by Crippen LogP contribution is -2.17. The first-order chi connectivity index (χ1) is 9.74. The van der Waals surface area contributed by atoms with Gasteiger partial charge in [-0.05, 0) is 26.0 Å². The van der Waals surface area contributed by atoms with Crippen molar-refractivity contribution in [2.24, 2.45) is 0 Å². The Balaban J connectivity index is 2.10. The molecule has 0 bridgehead atoms. The number of anilines is 1. The van der Waals surface area contributed by atoms with E-state index < -0.39 is 0 Å². The Labute approximate surface area is 119 Å². The van der Waals surface area contributed by atoms with E-state index in [1.54, 1.807) is 16.7 Å². The van der Waals surface area contributed by atoms with Crippen LogP contribution in [0, 0.1) is 0 Å². The van der Waals surface area contributed by atoms with Crippen LogP contribution in [0.15, 0.2) is 47.4 Å². The minimum atomic E-state index is 0.0211. The van der Waals surface area contributed by atoms with E-state index in [-0.39, 0.29) is 5.56 Å². The van der Waals surface area contributed by atoms with E-state index in [1.165, 1.54) is 0 Å². The van der Waals surface area contributed by atoms with Crippen molar-refractivity contribution in [2.75, 3.05) is 11.9 Å². The summed E-state index contributed by atoms with van der Waals surface area (Å²) in [6, 6.07) is 11.3. The van der Waals surface area contributed by atoms with Gasteiger partial charge in [0.15, 0.2) is 0 Å². The van der Waals surface area contributed by atoms with Crippen LogP contribution in [0.5, 0.6) is 5.75 Å². The van der Waals surface area contributed by atoms with Gasteiger partial charge in [-0.25, -0.2) is 0 Å². The molecule has 0 unspecified atom stereocenters. The first-order valence-corrected chi connectivity index (χ1v) is 6.89. The number of pyridine rings is 1. The van der Waals surface area contributed by atoms with Crippen LogP contribution in [0.3, 0.4) is 0 Å². The monoisotopic (exact) mass is 272 g/mol. The van der Waals surface area contributed by atoms with E-state index in [0.29, 0.717) is 19.7 Å². The summed E-state index contributed by atoms with van der Waals surface area (Å²) in [7, 11) is 0. The Morgan fingerprint density at radius 3 is 2.70 bits per heavy atom. The lowest BCUT2D eigenvalue weighted by Gasteiger charge is -2.12. The van der Waals surface area contributed by atoms with Crippen LogP contribution in [0.4, 0.5) is 5.69 Å². The normalized spacial score (nSPS) is 10.3. The highest BCUT2D eigenvalue weighted by molar-refractivity contribution is 5.43. The van der Waals surface area contributed by atoms with E-state index in [2.05, 4.69) is 5.32 Å². The standard InChI is InChI=1S/C16H20N2O2/c1-3-18-12-14(9-10-16(18)19)17-11-13-7-5-6-8-15(13)20-4-2/h5-10,12,17H,3-4,11H2,1-2H3. The maximum absolute atomic E-state index is 11.5. The molecule has 0 radical (unpaired) electrons. The van der Waals surface area contributed by atoms with E-state index >= 15 is 0 Å². The highest BCUT2D eigenvalue weighted by Gasteiger charge is 2.03. The average Bonchev–Trinajstić information content (AvgIpc) is 2.48. The average molecular weight is 272 g/mol. The highest BCUT2D eigenvalue weighted by atomic mass is 16.5. The van der Waals surface area contributed by atoms with Crippen LogP contribution in [-0.4, -0.2) is 11.2 Å². The van der Waals surface area contributed by atoms with Crippen molar-refractivity contribution >= 4 is 5.69 Å². The van der Waals surface area contributed by atoms with Gasteiger partial charge >= 0.3 is 0 Å². The molecule has 0 spiro atoms. The zero-order valence-corrected chi connectivity index (χ0v) is 11.9. The number of aromatic nitrogens is 1. The summed E-state index contributed by atoms with van der Waals surface area (Å²) in [5.74, 6) is 0.895. The molecule has 1 aromatic heterocycles. The number of aryl methyl sites for hydroxylation is 1. The first kappa shape index (κ1) is 14.2. The van der Waals surface area contributed by atoms with Crippen LogP contribution >= 0.6 is 0 Å². The van der Waals surface area contributed by atoms with Crippen molar-refractivity contribution in [1.82, 2.24) is 4.57 Å². The Bertz CT molecular complexity index is 620. The molecular weight excluding hydrogens is 252 g/mol. The Morgan fingerprint density at radius 2 is 1.95 bits per heavy atom. The molecule has 2 rings (SSSR count). The summed E-state index contributed by atoms with van der Waals surface area (Å²) >= 11 is 0. The molecule has 0 saturated carbocycles. The molecule has 106 valence electrons. The van der Waals surface area contributed by atoms with Gasteiger partial charge in [0.1, 0.15) is 5.75 Å². The van der Waals surface area contributed by atoms with E-state index in [9.17, 15) is 4.79 Å². The SMILES string of the molecule is CCOc1ccccc1CNc1ccc(=O)n(CC)c1. The van der Waals surface area contributed by atoms with Crippen molar-refractivity contribution in [3.05, 3.63) is 58.5 Å². The predicted octanol–water partition coefficient (Wildman–Crippen LogP) is 2.88. The van der Waals surface area contributed by atoms with Crippen molar-refractivity contribution in [3.8, 4) is 5.75 Å². The summed E-state index contributed by atoms with van der Waals surface area (Å²) < 4.78 is 7.27.